The first kappa shape index (κ1) is 10.3. The largest absolute Gasteiger partial charge is 0.516 e. The summed E-state index contributed by atoms with van der Waals surface area (Å²) in [5.74, 6) is 0.761. The molecule has 0 aliphatic heterocycles. The van der Waals surface area contributed by atoms with Crippen LogP contribution in [0.1, 0.15) is 33.6 Å². The van der Waals surface area contributed by atoms with E-state index in [9.17, 15) is 0 Å². The molecule has 0 aromatic rings. The van der Waals surface area contributed by atoms with Crippen LogP contribution in [0.2, 0.25) is 0 Å². The Balaban J connectivity index is 3.56. The summed E-state index contributed by atoms with van der Waals surface area (Å²) in [6, 6.07) is 0. The SMILES string of the molecule is CC(C=CO)=CCCC(C)C. The van der Waals surface area contributed by atoms with Gasteiger partial charge in [0.2, 0.25) is 0 Å². The average molecular weight is 154 g/mol. The molecule has 0 aromatic heterocycles. The van der Waals surface area contributed by atoms with Crippen LogP contribution >= 0.6 is 0 Å². The molecule has 0 aliphatic carbocycles. The second-order valence-electron chi connectivity index (χ2n) is 3.24. The van der Waals surface area contributed by atoms with Crippen LogP contribution in [0.4, 0.5) is 0 Å². The smallest absolute Gasteiger partial charge is 0.0794 e. The lowest BCUT2D eigenvalue weighted by atomic mass is 10.1. The molecule has 0 amide bonds. The maximum absolute atomic E-state index is 8.42. The van der Waals surface area contributed by atoms with E-state index in [-0.39, 0.29) is 0 Å². The molecule has 0 heterocycles. The van der Waals surface area contributed by atoms with Crippen molar-refractivity contribution in [3.63, 3.8) is 0 Å². The Morgan fingerprint density at radius 3 is 2.55 bits per heavy atom. The van der Waals surface area contributed by atoms with Crippen molar-refractivity contribution in [2.75, 3.05) is 0 Å². The van der Waals surface area contributed by atoms with Gasteiger partial charge >= 0.3 is 0 Å². The van der Waals surface area contributed by atoms with Crippen LogP contribution < -0.4 is 0 Å². The zero-order chi connectivity index (χ0) is 8.69. The molecule has 1 heteroatoms. The van der Waals surface area contributed by atoms with Crippen LogP contribution in [0.25, 0.3) is 0 Å². The van der Waals surface area contributed by atoms with Gasteiger partial charge in [-0.1, -0.05) is 25.5 Å². The van der Waals surface area contributed by atoms with Gasteiger partial charge in [0.1, 0.15) is 0 Å². The summed E-state index contributed by atoms with van der Waals surface area (Å²) < 4.78 is 0. The van der Waals surface area contributed by atoms with Crippen LogP contribution in [0.15, 0.2) is 24.0 Å². The molecule has 0 spiro atoms. The van der Waals surface area contributed by atoms with E-state index in [1.165, 1.54) is 6.42 Å². The Hall–Kier alpha value is -0.720. The standard InChI is InChI=1S/C10H18O/c1-9(2)5-4-6-10(3)7-8-11/h6-9,11H,4-5H2,1-3H3. The first-order valence-corrected chi connectivity index (χ1v) is 4.14. The fourth-order valence-corrected chi connectivity index (χ4v) is 0.830. The number of aliphatic hydroxyl groups excluding tert-OH is 1. The molecule has 1 nitrogen and oxygen atoms in total. The summed E-state index contributed by atoms with van der Waals surface area (Å²) in [7, 11) is 0. The average Bonchev–Trinajstić information content (AvgIpc) is 1.87. The minimum absolute atomic E-state index is 0.761. The molecule has 0 saturated heterocycles. The minimum atomic E-state index is 0.761. The Bertz CT molecular complexity index is 143. The third kappa shape index (κ3) is 7.17. The molecule has 11 heavy (non-hydrogen) atoms. The van der Waals surface area contributed by atoms with Crippen LogP contribution in [-0.4, -0.2) is 5.11 Å². The summed E-state index contributed by atoms with van der Waals surface area (Å²) >= 11 is 0. The second-order valence-corrected chi connectivity index (χ2v) is 3.24. The fraction of sp³-hybridized carbons (Fsp3) is 0.600. The van der Waals surface area contributed by atoms with Gasteiger partial charge in [0.05, 0.1) is 6.26 Å². The van der Waals surface area contributed by atoms with Crippen LogP contribution in [0, 0.1) is 5.92 Å². The van der Waals surface area contributed by atoms with Crippen LogP contribution in [0.3, 0.4) is 0 Å². The topological polar surface area (TPSA) is 20.2 Å². The third-order valence-electron chi connectivity index (χ3n) is 1.55. The second kappa shape index (κ2) is 6.02. The highest BCUT2D eigenvalue weighted by Crippen LogP contribution is 2.06. The van der Waals surface area contributed by atoms with Gasteiger partial charge < -0.3 is 5.11 Å². The Kier molecular flexibility index (Phi) is 5.63. The van der Waals surface area contributed by atoms with E-state index in [0.29, 0.717) is 0 Å². The Morgan fingerprint density at radius 1 is 1.45 bits per heavy atom. The van der Waals surface area contributed by atoms with Gasteiger partial charge in [-0.2, -0.15) is 0 Å². The van der Waals surface area contributed by atoms with Gasteiger partial charge in [0.25, 0.3) is 0 Å². The van der Waals surface area contributed by atoms with Crippen molar-refractivity contribution >= 4 is 0 Å². The molecule has 0 unspecified atom stereocenters. The molecular formula is C10H18O. The Labute approximate surface area is 69.4 Å². The highest BCUT2D eigenvalue weighted by Gasteiger charge is 1.90. The summed E-state index contributed by atoms with van der Waals surface area (Å²) in [5, 5.41) is 8.42. The van der Waals surface area contributed by atoms with E-state index in [1.54, 1.807) is 6.08 Å². The van der Waals surface area contributed by atoms with Crippen molar-refractivity contribution in [3.05, 3.63) is 24.0 Å². The first-order valence-electron chi connectivity index (χ1n) is 4.14. The minimum Gasteiger partial charge on any atom is -0.516 e. The summed E-state index contributed by atoms with van der Waals surface area (Å²) in [6.07, 6.45) is 7.26. The first-order chi connectivity index (χ1) is 5.16. The normalized spacial score (nSPS) is 13.3. The van der Waals surface area contributed by atoms with E-state index in [0.717, 1.165) is 24.2 Å². The third-order valence-corrected chi connectivity index (χ3v) is 1.55. The molecule has 0 aliphatic rings. The quantitative estimate of drug-likeness (QED) is 0.486. The van der Waals surface area contributed by atoms with E-state index in [2.05, 4.69) is 19.9 Å². The van der Waals surface area contributed by atoms with Crippen molar-refractivity contribution < 1.29 is 5.11 Å². The zero-order valence-corrected chi connectivity index (χ0v) is 7.67. The molecule has 0 saturated carbocycles. The highest BCUT2D eigenvalue weighted by atomic mass is 16.2. The van der Waals surface area contributed by atoms with Gasteiger partial charge in [-0.15, -0.1) is 0 Å². The van der Waals surface area contributed by atoms with Gasteiger partial charge in [0, 0.05) is 0 Å². The lowest BCUT2D eigenvalue weighted by Gasteiger charge is -1.99. The molecule has 0 bridgehead atoms. The predicted molar refractivity (Wildman–Crippen MR) is 49.6 cm³/mol. The number of allylic oxidation sites excluding steroid dienone is 3. The van der Waals surface area contributed by atoms with Crippen molar-refractivity contribution in [2.24, 2.45) is 5.92 Å². The Morgan fingerprint density at radius 2 is 2.09 bits per heavy atom. The molecule has 1 N–H and O–H groups in total. The van der Waals surface area contributed by atoms with Gasteiger partial charge in [-0.3, -0.25) is 0 Å². The van der Waals surface area contributed by atoms with Crippen LogP contribution in [0.5, 0.6) is 0 Å². The van der Waals surface area contributed by atoms with Gasteiger partial charge in [-0.25, -0.2) is 0 Å². The van der Waals surface area contributed by atoms with E-state index < -0.39 is 0 Å². The number of aliphatic hydroxyl groups is 1. The maximum Gasteiger partial charge on any atom is 0.0794 e. The predicted octanol–water partition coefficient (Wildman–Crippen LogP) is 3.44. The molecule has 64 valence electrons. The molecule has 0 aromatic carbocycles. The van der Waals surface area contributed by atoms with E-state index >= 15 is 0 Å². The van der Waals surface area contributed by atoms with Crippen molar-refractivity contribution in [1.82, 2.24) is 0 Å². The lowest BCUT2D eigenvalue weighted by Crippen LogP contribution is -1.84. The molecule has 0 atom stereocenters. The number of rotatable bonds is 4. The monoisotopic (exact) mass is 154 g/mol. The number of hydrogen-bond donors (Lipinski definition) is 1. The zero-order valence-electron chi connectivity index (χ0n) is 7.67. The molecule has 0 radical (unpaired) electrons. The molecule has 0 rings (SSSR count). The molecule has 0 fully saturated rings. The van der Waals surface area contributed by atoms with E-state index in [1.807, 2.05) is 6.92 Å². The van der Waals surface area contributed by atoms with Gasteiger partial charge in [0.15, 0.2) is 0 Å². The number of hydrogen-bond acceptors (Lipinski definition) is 1. The van der Waals surface area contributed by atoms with Crippen molar-refractivity contribution in [3.8, 4) is 0 Å². The van der Waals surface area contributed by atoms with Crippen molar-refractivity contribution in [2.45, 2.75) is 33.6 Å². The lowest BCUT2D eigenvalue weighted by molar-refractivity contribution is 0.473. The summed E-state index contributed by atoms with van der Waals surface area (Å²) in [4.78, 5) is 0. The van der Waals surface area contributed by atoms with Crippen molar-refractivity contribution in [1.29, 1.82) is 0 Å². The highest BCUT2D eigenvalue weighted by molar-refractivity contribution is 5.13. The fourth-order valence-electron chi connectivity index (χ4n) is 0.830. The maximum atomic E-state index is 8.42. The summed E-state index contributed by atoms with van der Waals surface area (Å²) in [5.41, 5.74) is 1.13. The van der Waals surface area contributed by atoms with Crippen LogP contribution in [-0.2, 0) is 0 Å². The van der Waals surface area contributed by atoms with Gasteiger partial charge in [-0.05, 0) is 31.8 Å². The van der Waals surface area contributed by atoms with E-state index in [4.69, 9.17) is 5.11 Å². The summed E-state index contributed by atoms with van der Waals surface area (Å²) in [6.45, 7) is 6.42. The molecular weight excluding hydrogens is 136 g/mol.